The lowest BCUT2D eigenvalue weighted by Crippen LogP contribution is -2.27. The molecule has 0 radical (unpaired) electrons. The quantitative estimate of drug-likeness (QED) is 0.539. The molecule has 56 valence electrons. The summed E-state index contributed by atoms with van der Waals surface area (Å²) in [6.07, 6.45) is 5.19. The van der Waals surface area contributed by atoms with Crippen molar-refractivity contribution in [2.45, 2.75) is 44.2 Å². The Hall–Kier alpha value is -0.370. The van der Waals surface area contributed by atoms with Crippen LogP contribution in [0, 0.1) is 0 Å². The van der Waals surface area contributed by atoms with Crippen LogP contribution < -0.4 is 5.32 Å². The highest BCUT2D eigenvalue weighted by molar-refractivity contribution is 5.79. The molecule has 2 aliphatic heterocycles. The Bertz CT molecular complexity index is 155. The van der Waals surface area contributed by atoms with Gasteiger partial charge in [-0.05, 0) is 19.3 Å². The molecule has 0 amide bonds. The summed E-state index contributed by atoms with van der Waals surface area (Å²) in [5.41, 5.74) is 0. The third-order valence-electron chi connectivity index (χ3n) is 2.58. The van der Waals surface area contributed by atoms with Crippen LogP contribution in [0.5, 0.6) is 0 Å². The van der Waals surface area contributed by atoms with E-state index in [1.54, 1.807) is 0 Å². The van der Waals surface area contributed by atoms with Gasteiger partial charge in [0.1, 0.15) is 5.78 Å². The minimum Gasteiger partial charge on any atom is -0.311 e. The lowest BCUT2D eigenvalue weighted by molar-refractivity contribution is -0.119. The Kier molecular flexibility index (Phi) is 1.49. The first-order valence-corrected chi connectivity index (χ1v) is 4.12. The van der Waals surface area contributed by atoms with Crippen LogP contribution in [-0.4, -0.2) is 17.9 Å². The largest absolute Gasteiger partial charge is 0.311 e. The fourth-order valence-corrected chi connectivity index (χ4v) is 2.00. The average molecular weight is 139 g/mol. The fourth-order valence-electron chi connectivity index (χ4n) is 2.00. The van der Waals surface area contributed by atoms with Gasteiger partial charge in [0.2, 0.25) is 0 Å². The summed E-state index contributed by atoms with van der Waals surface area (Å²) < 4.78 is 0. The number of nitrogens with one attached hydrogen (secondary N) is 1. The summed E-state index contributed by atoms with van der Waals surface area (Å²) in [7, 11) is 0. The molecule has 0 aromatic rings. The summed E-state index contributed by atoms with van der Waals surface area (Å²) in [5.74, 6) is 0.458. The van der Waals surface area contributed by atoms with Gasteiger partial charge in [-0.2, -0.15) is 0 Å². The molecule has 2 aliphatic rings. The summed E-state index contributed by atoms with van der Waals surface area (Å²) in [5, 5.41) is 3.46. The maximum atomic E-state index is 11.0. The van der Waals surface area contributed by atoms with Gasteiger partial charge in [-0.3, -0.25) is 4.79 Å². The third-order valence-corrected chi connectivity index (χ3v) is 2.58. The summed E-state index contributed by atoms with van der Waals surface area (Å²) in [6.45, 7) is 0. The van der Waals surface area contributed by atoms with Gasteiger partial charge in [-0.25, -0.2) is 0 Å². The van der Waals surface area contributed by atoms with E-state index >= 15 is 0 Å². The topological polar surface area (TPSA) is 29.1 Å². The molecule has 2 unspecified atom stereocenters. The molecule has 2 atom stereocenters. The molecule has 2 rings (SSSR count). The van der Waals surface area contributed by atoms with E-state index in [0.717, 1.165) is 19.3 Å². The molecule has 1 N–H and O–H groups in total. The number of hydrogen-bond donors (Lipinski definition) is 1. The van der Waals surface area contributed by atoms with Gasteiger partial charge in [0.25, 0.3) is 0 Å². The van der Waals surface area contributed by atoms with E-state index in [4.69, 9.17) is 0 Å². The molecule has 0 aliphatic carbocycles. The van der Waals surface area contributed by atoms with Gasteiger partial charge < -0.3 is 5.32 Å². The second-order valence-corrected chi connectivity index (χ2v) is 3.42. The molecule has 0 saturated carbocycles. The number of Topliss-reactive ketones (excluding diaryl/α,β-unsaturated/α-hetero) is 1. The fraction of sp³-hybridized carbons (Fsp3) is 0.875. The number of carbonyl (C=O) groups excluding carboxylic acids is 1. The SMILES string of the molecule is O=C1CCC2CCC(C1)N2. The van der Waals surface area contributed by atoms with Crippen molar-refractivity contribution in [3.8, 4) is 0 Å². The zero-order valence-corrected chi connectivity index (χ0v) is 6.10. The molecular formula is C8H13NO. The standard InChI is InChI=1S/C8H13NO/c10-8-4-3-6-1-2-7(5-8)9-6/h6-7,9H,1-5H2. The van der Waals surface area contributed by atoms with Gasteiger partial charge in [0.05, 0.1) is 0 Å². The summed E-state index contributed by atoms with van der Waals surface area (Å²) in [6, 6.07) is 1.19. The first-order valence-electron chi connectivity index (χ1n) is 4.12. The molecule has 0 aromatic heterocycles. The Morgan fingerprint density at radius 2 is 2.00 bits per heavy atom. The van der Waals surface area contributed by atoms with E-state index in [9.17, 15) is 4.79 Å². The molecule has 2 saturated heterocycles. The van der Waals surface area contributed by atoms with E-state index in [1.165, 1.54) is 12.8 Å². The summed E-state index contributed by atoms with van der Waals surface area (Å²) >= 11 is 0. The molecule has 2 nitrogen and oxygen atoms in total. The first kappa shape index (κ1) is 6.35. The van der Waals surface area contributed by atoms with Crippen LogP contribution in [0.3, 0.4) is 0 Å². The van der Waals surface area contributed by atoms with E-state index < -0.39 is 0 Å². The molecule has 10 heavy (non-hydrogen) atoms. The maximum absolute atomic E-state index is 11.0. The van der Waals surface area contributed by atoms with Crippen molar-refractivity contribution < 1.29 is 4.79 Å². The van der Waals surface area contributed by atoms with E-state index in [-0.39, 0.29) is 0 Å². The van der Waals surface area contributed by atoms with Crippen LogP contribution in [0.4, 0.5) is 0 Å². The second-order valence-electron chi connectivity index (χ2n) is 3.42. The Morgan fingerprint density at radius 1 is 1.20 bits per heavy atom. The molecule has 2 fully saturated rings. The van der Waals surface area contributed by atoms with Crippen molar-refractivity contribution >= 4 is 5.78 Å². The minimum absolute atomic E-state index is 0.458. The number of carbonyl (C=O) groups is 1. The molecule has 2 bridgehead atoms. The molecule has 0 spiro atoms. The van der Waals surface area contributed by atoms with Gasteiger partial charge >= 0.3 is 0 Å². The van der Waals surface area contributed by atoms with Crippen molar-refractivity contribution in [3.05, 3.63) is 0 Å². The van der Waals surface area contributed by atoms with E-state index in [1.807, 2.05) is 0 Å². The Morgan fingerprint density at radius 3 is 2.90 bits per heavy atom. The molecule has 2 heterocycles. The smallest absolute Gasteiger partial charge is 0.134 e. The number of rotatable bonds is 0. The average Bonchev–Trinajstić information content (AvgIpc) is 2.22. The Labute approximate surface area is 61.0 Å². The highest BCUT2D eigenvalue weighted by Crippen LogP contribution is 2.23. The summed E-state index contributed by atoms with van der Waals surface area (Å²) in [4.78, 5) is 11.0. The van der Waals surface area contributed by atoms with Gasteiger partial charge in [0.15, 0.2) is 0 Å². The highest BCUT2D eigenvalue weighted by Gasteiger charge is 2.28. The van der Waals surface area contributed by atoms with E-state index in [0.29, 0.717) is 17.9 Å². The van der Waals surface area contributed by atoms with Crippen LogP contribution in [0.15, 0.2) is 0 Å². The van der Waals surface area contributed by atoms with Crippen molar-refractivity contribution in [1.82, 2.24) is 5.32 Å². The molecule has 0 aromatic carbocycles. The van der Waals surface area contributed by atoms with Crippen molar-refractivity contribution in [2.75, 3.05) is 0 Å². The van der Waals surface area contributed by atoms with Crippen molar-refractivity contribution in [3.63, 3.8) is 0 Å². The van der Waals surface area contributed by atoms with Gasteiger partial charge in [0, 0.05) is 24.9 Å². The van der Waals surface area contributed by atoms with Crippen molar-refractivity contribution in [2.24, 2.45) is 0 Å². The lowest BCUT2D eigenvalue weighted by atomic mass is 10.0. The van der Waals surface area contributed by atoms with Crippen LogP contribution >= 0.6 is 0 Å². The normalized spacial score (nSPS) is 39.8. The number of hydrogen-bond acceptors (Lipinski definition) is 2. The first-order chi connectivity index (χ1) is 4.84. The zero-order valence-electron chi connectivity index (χ0n) is 6.10. The van der Waals surface area contributed by atoms with E-state index in [2.05, 4.69) is 5.32 Å². The van der Waals surface area contributed by atoms with Gasteiger partial charge in [-0.1, -0.05) is 0 Å². The van der Waals surface area contributed by atoms with Crippen molar-refractivity contribution in [1.29, 1.82) is 0 Å². The monoisotopic (exact) mass is 139 g/mol. The molecular weight excluding hydrogens is 126 g/mol. The lowest BCUT2D eigenvalue weighted by Gasteiger charge is -2.05. The zero-order chi connectivity index (χ0) is 6.97. The van der Waals surface area contributed by atoms with Crippen LogP contribution in [0.2, 0.25) is 0 Å². The van der Waals surface area contributed by atoms with Crippen LogP contribution in [0.1, 0.15) is 32.1 Å². The maximum Gasteiger partial charge on any atom is 0.134 e. The third kappa shape index (κ3) is 1.08. The Balaban J connectivity index is 2.05. The van der Waals surface area contributed by atoms with Crippen LogP contribution in [0.25, 0.3) is 0 Å². The minimum atomic E-state index is 0.458. The van der Waals surface area contributed by atoms with Gasteiger partial charge in [-0.15, -0.1) is 0 Å². The second kappa shape index (κ2) is 2.35. The predicted molar refractivity (Wildman–Crippen MR) is 38.8 cm³/mol. The molecule has 2 heteroatoms. The highest BCUT2D eigenvalue weighted by atomic mass is 16.1. The van der Waals surface area contributed by atoms with Crippen LogP contribution in [-0.2, 0) is 4.79 Å². The number of fused-ring (bicyclic) bond motifs is 2. The number of ketones is 1. The predicted octanol–water partition coefficient (Wildman–Crippen LogP) is 0.860.